The van der Waals surface area contributed by atoms with Gasteiger partial charge in [-0.15, -0.1) is 0 Å². The summed E-state index contributed by atoms with van der Waals surface area (Å²) in [6.45, 7) is 4.33. The van der Waals surface area contributed by atoms with E-state index in [0.717, 1.165) is 38.8 Å². The van der Waals surface area contributed by atoms with E-state index in [-0.39, 0.29) is 11.8 Å². The Kier molecular flexibility index (Phi) is 4.85. The molecule has 2 N–H and O–H groups in total. The monoisotopic (exact) mass is 294 g/mol. The molecule has 0 aromatic heterocycles. The minimum absolute atomic E-state index is 0.130. The number of aliphatic hydroxyl groups is 1. The summed E-state index contributed by atoms with van der Waals surface area (Å²) in [5.74, 6) is 0.0575. The Morgan fingerprint density at radius 3 is 2.43 bits per heavy atom. The van der Waals surface area contributed by atoms with E-state index in [9.17, 15) is 9.90 Å². The van der Waals surface area contributed by atoms with Crippen LogP contribution in [0.5, 0.6) is 0 Å². The van der Waals surface area contributed by atoms with E-state index in [1.807, 2.05) is 0 Å². The second kappa shape index (κ2) is 6.66. The summed E-state index contributed by atoms with van der Waals surface area (Å²) in [6, 6.07) is 0. The third kappa shape index (κ3) is 3.98. The third-order valence-electron chi connectivity index (χ3n) is 5.72. The number of nitrogens with one attached hydrogen (secondary N) is 1. The van der Waals surface area contributed by atoms with Crippen molar-refractivity contribution in [3.63, 3.8) is 0 Å². The van der Waals surface area contributed by atoms with Crippen molar-refractivity contribution in [2.45, 2.75) is 63.9 Å². The molecule has 0 unspecified atom stereocenters. The number of carbonyl (C=O) groups is 1. The lowest BCUT2D eigenvalue weighted by atomic mass is 9.85. The third-order valence-corrected chi connectivity index (χ3v) is 5.72. The number of carbonyl (C=O) groups excluding carboxylic acids is 1. The van der Waals surface area contributed by atoms with Crippen LogP contribution in [0.1, 0.15) is 57.8 Å². The molecule has 3 fully saturated rings. The first-order valence-electron chi connectivity index (χ1n) is 8.87. The zero-order chi connectivity index (χ0) is 14.7. The average Bonchev–Trinajstić information content (AvgIpc) is 3.09. The van der Waals surface area contributed by atoms with E-state index in [4.69, 9.17) is 0 Å². The van der Waals surface area contributed by atoms with Gasteiger partial charge in [0, 0.05) is 18.5 Å². The van der Waals surface area contributed by atoms with Crippen LogP contribution in [0.25, 0.3) is 0 Å². The Morgan fingerprint density at radius 1 is 1.14 bits per heavy atom. The maximum atomic E-state index is 12.2. The van der Waals surface area contributed by atoms with Crippen molar-refractivity contribution in [2.75, 3.05) is 26.2 Å². The van der Waals surface area contributed by atoms with Crippen LogP contribution in [0, 0.1) is 11.3 Å². The normalized spacial score (nSPS) is 27.5. The first kappa shape index (κ1) is 15.3. The highest BCUT2D eigenvalue weighted by Gasteiger charge is 2.44. The molecule has 0 radical (unpaired) electrons. The van der Waals surface area contributed by atoms with Crippen LogP contribution in [0.15, 0.2) is 0 Å². The van der Waals surface area contributed by atoms with Gasteiger partial charge in [-0.2, -0.15) is 0 Å². The van der Waals surface area contributed by atoms with Crippen molar-refractivity contribution in [1.29, 1.82) is 0 Å². The van der Waals surface area contributed by atoms with Gasteiger partial charge in [-0.05, 0) is 57.5 Å². The molecule has 1 atom stereocenters. The molecule has 0 bridgehead atoms. The number of amides is 1. The summed E-state index contributed by atoms with van der Waals surface area (Å²) >= 11 is 0. The zero-order valence-corrected chi connectivity index (χ0v) is 13.1. The molecule has 3 aliphatic rings. The van der Waals surface area contributed by atoms with Crippen molar-refractivity contribution < 1.29 is 9.90 Å². The summed E-state index contributed by atoms with van der Waals surface area (Å²) in [4.78, 5) is 14.7. The molecule has 3 rings (SSSR count). The van der Waals surface area contributed by atoms with Gasteiger partial charge in [0.05, 0.1) is 0 Å². The van der Waals surface area contributed by atoms with Crippen molar-refractivity contribution in [3.05, 3.63) is 0 Å². The van der Waals surface area contributed by atoms with E-state index in [1.165, 1.54) is 45.2 Å². The fourth-order valence-corrected chi connectivity index (χ4v) is 4.03. The van der Waals surface area contributed by atoms with Crippen LogP contribution in [0.3, 0.4) is 0 Å². The zero-order valence-electron chi connectivity index (χ0n) is 13.1. The Hall–Kier alpha value is -0.610. The first-order valence-corrected chi connectivity index (χ1v) is 8.87. The lowest BCUT2D eigenvalue weighted by molar-refractivity contribution is -0.133. The fraction of sp³-hybridized carbons (Fsp3) is 0.941. The van der Waals surface area contributed by atoms with Gasteiger partial charge < -0.3 is 15.3 Å². The molecule has 1 heterocycles. The number of hydrogen-bond acceptors (Lipinski definition) is 3. The molecule has 4 nitrogen and oxygen atoms in total. The number of rotatable bonds is 6. The number of aliphatic hydroxyl groups excluding tert-OH is 1. The Bertz CT molecular complexity index is 356. The molecule has 1 saturated heterocycles. The maximum absolute atomic E-state index is 12.2. The number of likely N-dealkylation sites (tertiary alicyclic amines) is 1. The summed E-state index contributed by atoms with van der Waals surface area (Å²) in [7, 11) is 0. The predicted octanol–water partition coefficient (Wildman–Crippen LogP) is 1.92. The number of nitrogens with zero attached hydrogens (tertiary/aromatic N) is 1. The Morgan fingerprint density at radius 2 is 1.81 bits per heavy atom. The second-order valence-corrected chi connectivity index (χ2v) is 7.54. The lowest BCUT2D eigenvalue weighted by Crippen LogP contribution is -2.44. The molecule has 2 saturated carbocycles. The van der Waals surface area contributed by atoms with Gasteiger partial charge >= 0.3 is 0 Å². The second-order valence-electron chi connectivity index (χ2n) is 7.54. The quantitative estimate of drug-likeness (QED) is 0.787. The Labute approximate surface area is 128 Å². The van der Waals surface area contributed by atoms with E-state index in [2.05, 4.69) is 10.2 Å². The van der Waals surface area contributed by atoms with Crippen molar-refractivity contribution in [1.82, 2.24) is 10.2 Å². The lowest BCUT2D eigenvalue weighted by Gasteiger charge is -2.27. The standard InChI is InChI=1S/C17H30N2O2/c20-15(14-6-2-1-3-7-14)16(21)18-12-17(8-9-17)13-19-10-4-5-11-19/h14-15,20H,1-13H2,(H,18,21)/t15-/m1/s1. The van der Waals surface area contributed by atoms with E-state index in [1.54, 1.807) is 0 Å². The van der Waals surface area contributed by atoms with Crippen LogP contribution >= 0.6 is 0 Å². The van der Waals surface area contributed by atoms with Crippen LogP contribution in [-0.2, 0) is 4.79 Å². The maximum Gasteiger partial charge on any atom is 0.249 e. The minimum Gasteiger partial charge on any atom is -0.383 e. The summed E-state index contributed by atoms with van der Waals surface area (Å²) < 4.78 is 0. The van der Waals surface area contributed by atoms with Crippen molar-refractivity contribution in [3.8, 4) is 0 Å². The highest BCUT2D eigenvalue weighted by atomic mass is 16.3. The minimum atomic E-state index is -0.784. The highest BCUT2D eigenvalue weighted by molar-refractivity contribution is 5.80. The van der Waals surface area contributed by atoms with Gasteiger partial charge in [0.2, 0.25) is 5.91 Å². The molecule has 0 aromatic carbocycles. The van der Waals surface area contributed by atoms with E-state index < -0.39 is 6.10 Å². The van der Waals surface area contributed by atoms with Crippen LogP contribution in [0.4, 0.5) is 0 Å². The summed E-state index contributed by atoms with van der Waals surface area (Å²) in [6.07, 6.45) is 9.90. The molecule has 21 heavy (non-hydrogen) atoms. The van der Waals surface area contributed by atoms with E-state index in [0.29, 0.717) is 5.41 Å². The molecule has 4 heteroatoms. The molecular weight excluding hydrogens is 264 g/mol. The average molecular weight is 294 g/mol. The van der Waals surface area contributed by atoms with Crippen molar-refractivity contribution in [2.24, 2.45) is 11.3 Å². The molecule has 1 aliphatic heterocycles. The number of hydrogen-bond donors (Lipinski definition) is 2. The molecular formula is C17H30N2O2. The van der Waals surface area contributed by atoms with Gasteiger partial charge in [0.1, 0.15) is 6.10 Å². The fourth-order valence-electron chi connectivity index (χ4n) is 4.03. The van der Waals surface area contributed by atoms with Gasteiger partial charge in [0.25, 0.3) is 0 Å². The van der Waals surface area contributed by atoms with Gasteiger partial charge in [-0.25, -0.2) is 0 Å². The van der Waals surface area contributed by atoms with Crippen LogP contribution < -0.4 is 5.32 Å². The van der Waals surface area contributed by atoms with Gasteiger partial charge in [-0.1, -0.05) is 19.3 Å². The van der Waals surface area contributed by atoms with Crippen LogP contribution in [0.2, 0.25) is 0 Å². The first-order chi connectivity index (χ1) is 10.2. The Balaban J connectivity index is 1.42. The molecule has 2 aliphatic carbocycles. The smallest absolute Gasteiger partial charge is 0.249 e. The molecule has 0 aromatic rings. The molecule has 120 valence electrons. The van der Waals surface area contributed by atoms with Crippen LogP contribution in [-0.4, -0.2) is 48.2 Å². The van der Waals surface area contributed by atoms with Gasteiger partial charge in [-0.3, -0.25) is 4.79 Å². The SMILES string of the molecule is O=C(NCC1(CN2CCCC2)CC1)[C@H](O)C1CCCCC1. The van der Waals surface area contributed by atoms with Crippen molar-refractivity contribution >= 4 is 5.91 Å². The largest absolute Gasteiger partial charge is 0.383 e. The predicted molar refractivity (Wildman–Crippen MR) is 82.9 cm³/mol. The highest BCUT2D eigenvalue weighted by Crippen LogP contribution is 2.46. The summed E-state index contributed by atoms with van der Waals surface area (Å²) in [5.41, 5.74) is 0.312. The molecule has 1 amide bonds. The summed E-state index contributed by atoms with van der Waals surface area (Å²) in [5, 5.41) is 13.3. The molecule has 0 spiro atoms. The topological polar surface area (TPSA) is 52.6 Å². The van der Waals surface area contributed by atoms with Gasteiger partial charge in [0.15, 0.2) is 0 Å². The van der Waals surface area contributed by atoms with E-state index >= 15 is 0 Å².